The highest BCUT2D eigenvalue weighted by atomic mass is 32.1. The fourth-order valence-electron chi connectivity index (χ4n) is 2.32. The number of aryl methyl sites for hydroxylation is 1. The molecule has 102 valence electrons. The van der Waals surface area contributed by atoms with Gasteiger partial charge in [-0.25, -0.2) is 0 Å². The van der Waals surface area contributed by atoms with E-state index >= 15 is 0 Å². The third-order valence-electron chi connectivity index (χ3n) is 3.51. The first kappa shape index (κ1) is 14.3. The van der Waals surface area contributed by atoms with Gasteiger partial charge in [0.15, 0.2) is 0 Å². The quantitative estimate of drug-likeness (QED) is 0.818. The van der Waals surface area contributed by atoms with Crippen molar-refractivity contribution >= 4 is 11.3 Å². The van der Waals surface area contributed by atoms with Crippen LogP contribution < -0.4 is 5.32 Å². The molecule has 1 aromatic carbocycles. The van der Waals surface area contributed by atoms with Crippen molar-refractivity contribution in [2.45, 2.75) is 39.7 Å². The minimum Gasteiger partial charge on any atom is -0.306 e. The SMILES string of the molecule is CCNC(c1ccc(C(C)C)cc1)c1sccc1C. The summed E-state index contributed by atoms with van der Waals surface area (Å²) in [6.07, 6.45) is 0. The minimum absolute atomic E-state index is 0.325. The van der Waals surface area contributed by atoms with E-state index in [9.17, 15) is 0 Å². The van der Waals surface area contributed by atoms with Crippen molar-refractivity contribution < 1.29 is 0 Å². The molecule has 0 radical (unpaired) electrons. The van der Waals surface area contributed by atoms with Gasteiger partial charge in [0.2, 0.25) is 0 Å². The average molecular weight is 273 g/mol. The Morgan fingerprint density at radius 1 is 1.05 bits per heavy atom. The van der Waals surface area contributed by atoms with Crippen molar-refractivity contribution in [2.75, 3.05) is 6.54 Å². The lowest BCUT2D eigenvalue weighted by Crippen LogP contribution is -2.21. The van der Waals surface area contributed by atoms with Crippen LogP contribution in [0.3, 0.4) is 0 Å². The van der Waals surface area contributed by atoms with Crippen LogP contribution in [0.4, 0.5) is 0 Å². The number of rotatable bonds is 5. The maximum Gasteiger partial charge on any atom is 0.0673 e. The Morgan fingerprint density at radius 2 is 1.68 bits per heavy atom. The van der Waals surface area contributed by atoms with Crippen LogP contribution in [0.1, 0.15) is 54.3 Å². The Bertz CT molecular complexity index is 510. The van der Waals surface area contributed by atoms with E-state index in [1.807, 2.05) is 11.3 Å². The van der Waals surface area contributed by atoms with Gasteiger partial charge in [-0.3, -0.25) is 0 Å². The van der Waals surface area contributed by atoms with Crippen molar-refractivity contribution in [2.24, 2.45) is 0 Å². The number of nitrogens with one attached hydrogen (secondary N) is 1. The standard InChI is InChI=1S/C17H23NS/c1-5-18-16(17-13(4)10-11-19-17)15-8-6-14(7-9-15)12(2)3/h6-12,16,18H,5H2,1-4H3. The fraction of sp³-hybridized carbons (Fsp3) is 0.412. The molecule has 2 heteroatoms. The highest BCUT2D eigenvalue weighted by molar-refractivity contribution is 7.10. The van der Waals surface area contributed by atoms with Crippen molar-refractivity contribution in [3.63, 3.8) is 0 Å². The van der Waals surface area contributed by atoms with Gasteiger partial charge in [-0.15, -0.1) is 11.3 Å². The molecule has 1 heterocycles. The largest absolute Gasteiger partial charge is 0.306 e. The fourth-order valence-corrected chi connectivity index (χ4v) is 3.35. The van der Waals surface area contributed by atoms with Crippen LogP contribution in [-0.2, 0) is 0 Å². The highest BCUT2D eigenvalue weighted by Gasteiger charge is 2.16. The predicted octanol–water partition coefficient (Wildman–Crippen LogP) is 4.88. The van der Waals surface area contributed by atoms with Gasteiger partial charge in [-0.05, 0) is 47.5 Å². The smallest absolute Gasteiger partial charge is 0.0673 e. The van der Waals surface area contributed by atoms with Gasteiger partial charge in [0.25, 0.3) is 0 Å². The molecular formula is C17H23NS. The first-order valence-corrected chi connectivity index (χ1v) is 7.88. The van der Waals surface area contributed by atoms with Crippen LogP contribution in [0.15, 0.2) is 35.7 Å². The zero-order chi connectivity index (χ0) is 13.8. The van der Waals surface area contributed by atoms with Crippen LogP contribution in [0, 0.1) is 6.92 Å². The van der Waals surface area contributed by atoms with E-state index in [1.54, 1.807) is 0 Å². The Balaban J connectivity index is 2.31. The Hall–Kier alpha value is -1.12. The van der Waals surface area contributed by atoms with Gasteiger partial charge in [-0.2, -0.15) is 0 Å². The molecule has 2 rings (SSSR count). The highest BCUT2D eigenvalue weighted by Crippen LogP contribution is 2.30. The summed E-state index contributed by atoms with van der Waals surface area (Å²) in [5.74, 6) is 0.593. The molecule has 0 aliphatic rings. The summed E-state index contributed by atoms with van der Waals surface area (Å²) in [6.45, 7) is 9.81. The second-order valence-electron chi connectivity index (χ2n) is 5.28. The van der Waals surface area contributed by atoms with Gasteiger partial charge < -0.3 is 5.32 Å². The van der Waals surface area contributed by atoms with E-state index in [1.165, 1.54) is 21.6 Å². The third kappa shape index (κ3) is 3.26. The molecule has 1 aromatic heterocycles. The molecule has 0 aliphatic heterocycles. The number of benzene rings is 1. The van der Waals surface area contributed by atoms with Crippen LogP contribution in [0.5, 0.6) is 0 Å². The normalized spacial score (nSPS) is 12.9. The molecule has 0 amide bonds. The molecule has 0 saturated carbocycles. The van der Waals surface area contributed by atoms with E-state index in [0.29, 0.717) is 12.0 Å². The van der Waals surface area contributed by atoms with Crippen molar-refractivity contribution in [3.8, 4) is 0 Å². The Kier molecular flexibility index (Phi) is 4.78. The van der Waals surface area contributed by atoms with Gasteiger partial charge in [0.1, 0.15) is 0 Å². The van der Waals surface area contributed by atoms with E-state index in [2.05, 4.69) is 68.7 Å². The summed E-state index contributed by atoms with van der Waals surface area (Å²) in [4.78, 5) is 1.43. The predicted molar refractivity (Wildman–Crippen MR) is 85.1 cm³/mol. The van der Waals surface area contributed by atoms with Gasteiger partial charge in [0, 0.05) is 4.88 Å². The topological polar surface area (TPSA) is 12.0 Å². The average Bonchev–Trinajstić information content (AvgIpc) is 2.82. The Labute approximate surface area is 120 Å². The first-order chi connectivity index (χ1) is 9.13. The molecule has 1 unspecified atom stereocenters. The summed E-state index contributed by atoms with van der Waals surface area (Å²) < 4.78 is 0. The van der Waals surface area contributed by atoms with Crippen molar-refractivity contribution in [1.82, 2.24) is 5.32 Å². The molecule has 0 saturated heterocycles. The molecule has 2 aromatic rings. The van der Waals surface area contributed by atoms with Gasteiger partial charge >= 0.3 is 0 Å². The van der Waals surface area contributed by atoms with Crippen LogP contribution in [0.25, 0.3) is 0 Å². The second kappa shape index (κ2) is 6.36. The molecule has 0 bridgehead atoms. The first-order valence-electron chi connectivity index (χ1n) is 7.00. The molecule has 19 heavy (non-hydrogen) atoms. The zero-order valence-corrected chi connectivity index (χ0v) is 13.1. The van der Waals surface area contributed by atoms with Gasteiger partial charge in [-0.1, -0.05) is 45.0 Å². The van der Waals surface area contributed by atoms with Crippen molar-refractivity contribution in [3.05, 3.63) is 57.3 Å². The lowest BCUT2D eigenvalue weighted by atomic mass is 9.97. The number of hydrogen-bond donors (Lipinski definition) is 1. The number of hydrogen-bond acceptors (Lipinski definition) is 2. The number of thiophene rings is 1. The molecule has 1 N–H and O–H groups in total. The van der Waals surface area contributed by atoms with Crippen LogP contribution in [-0.4, -0.2) is 6.54 Å². The maximum absolute atomic E-state index is 3.60. The Morgan fingerprint density at radius 3 is 2.16 bits per heavy atom. The lowest BCUT2D eigenvalue weighted by Gasteiger charge is -2.19. The molecule has 1 nitrogen and oxygen atoms in total. The van der Waals surface area contributed by atoms with E-state index in [-0.39, 0.29) is 0 Å². The van der Waals surface area contributed by atoms with E-state index in [4.69, 9.17) is 0 Å². The lowest BCUT2D eigenvalue weighted by molar-refractivity contribution is 0.637. The summed E-state index contributed by atoms with van der Waals surface area (Å²) in [7, 11) is 0. The third-order valence-corrected chi connectivity index (χ3v) is 4.59. The molecule has 0 aliphatic carbocycles. The minimum atomic E-state index is 0.325. The summed E-state index contributed by atoms with van der Waals surface area (Å²) in [6, 6.07) is 11.6. The summed E-state index contributed by atoms with van der Waals surface area (Å²) >= 11 is 1.84. The molecular weight excluding hydrogens is 250 g/mol. The van der Waals surface area contributed by atoms with Gasteiger partial charge in [0.05, 0.1) is 6.04 Å². The molecule has 0 spiro atoms. The molecule has 0 fully saturated rings. The molecule has 1 atom stereocenters. The zero-order valence-electron chi connectivity index (χ0n) is 12.2. The summed E-state index contributed by atoms with van der Waals surface area (Å²) in [5.41, 5.74) is 4.14. The summed E-state index contributed by atoms with van der Waals surface area (Å²) in [5, 5.41) is 5.78. The van der Waals surface area contributed by atoms with Crippen LogP contribution >= 0.6 is 11.3 Å². The van der Waals surface area contributed by atoms with Crippen molar-refractivity contribution in [1.29, 1.82) is 0 Å². The van der Waals surface area contributed by atoms with Crippen LogP contribution in [0.2, 0.25) is 0 Å². The monoisotopic (exact) mass is 273 g/mol. The van der Waals surface area contributed by atoms with E-state index in [0.717, 1.165) is 6.54 Å². The second-order valence-corrected chi connectivity index (χ2v) is 6.23. The van der Waals surface area contributed by atoms with E-state index < -0.39 is 0 Å². The maximum atomic E-state index is 3.60.